The zero-order valence-electron chi connectivity index (χ0n) is 15.3. The molecule has 1 amide bonds. The third-order valence-electron chi connectivity index (χ3n) is 4.61. The monoisotopic (exact) mass is 491 g/mol. The van der Waals surface area contributed by atoms with E-state index in [1.807, 2.05) is 48.5 Å². The van der Waals surface area contributed by atoms with Crippen LogP contribution in [-0.2, 0) is 14.6 Å². The van der Waals surface area contributed by atoms with E-state index >= 15 is 0 Å². The van der Waals surface area contributed by atoms with Gasteiger partial charge in [0.05, 0.1) is 22.8 Å². The molecular weight excluding hydrogens is 474 g/mol. The van der Waals surface area contributed by atoms with Crippen LogP contribution in [0.1, 0.15) is 6.42 Å². The molecule has 3 aromatic rings. The second kappa shape index (κ2) is 8.41. The molecule has 0 bridgehead atoms. The van der Waals surface area contributed by atoms with Crippen molar-refractivity contribution >= 4 is 54.3 Å². The van der Waals surface area contributed by atoms with Gasteiger partial charge in [-0.25, -0.2) is 18.4 Å². The predicted molar refractivity (Wildman–Crippen MR) is 119 cm³/mol. The molecule has 9 heteroatoms. The van der Waals surface area contributed by atoms with E-state index in [1.165, 1.54) is 11.8 Å². The molecule has 1 N–H and O–H groups in total. The number of carbonyl (C=O) groups excluding carboxylic acids is 1. The smallest absolute Gasteiger partial charge is 0.230 e. The molecule has 6 nitrogen and oxygen atoms in total. The first-order valence-corrected chi connectivity index (χ1v) is 12.6. The highest BCUT2D eigenvalue weighted by Crippen LogP contribution is 2.29. The molecule has 0 radical (unpaired) electrons. The molecule has 1 fully saturated rings. The van der Waals surface area contributed by atoms with Crippen LogP contribution >= 0.6 is 27.7 Å². The molecule has 29 heavy (non-hydrogen) atoms. The molecule has 4 rings (SSSR count). The van der Waals surface area contributed by atoms with E-state index < -0.39 is 9.84 Å². The normalized spacial score (nSPS) is 18.0. The largest absolute Gasteiger partial charge is 0.352 e. The lowest BCUT2D eigenvalue weighted by Crippen LogP contribution is -2.36. The molecule has 1 aliphatic heterocycles. The van der Waals surface area contributed by atoms with Crippen LogP contribution in [0.15, 0.2) is 58.0 Å². The summed E-state index contributed by atoms with van der Waals surface area (Å²) in [5.74, 6) is 0.731. The molecule has 2 aromatic carbocycles. The molecule has 0 saturated carbocycles. The summed E-state index contributed by atoms with van der Waals surface area (Å²) in [5, 5.41) is 4.43. The van der Waals surface area contributed by atoms with Crippen LogP contribution in [0.4, 0.5) is 0 Å². The van der Waals surface area contributed by atoms with Gasteiger partial charge in [-0.15, -0.1) is 0 Å². The van der Waals surface area contributed by atoms with Gasteiger partial charge in [0, 0.05) is 21.5 Å². The quantitative estimate of drug-likeness (QED) is 0.434. The highest BCUT2D eigenvalue weighted by Gasteiger charge is 2.28. The summed E-state index contributed by atoms with van der Waals surface area (Å²) in [5.41, 5.74) is 1.70. The number of hydrogen-bond acceptors (Lipinski definition) is 6. The van der Waals surface area contributed by atoms with Crippen molar-refractivity contribution in [3.8, 4) is 11.4 Å². The number of aromatic nitrogens is 2. The molecule has 0 spiro atoms. The zero-order valence-corrected chi connectivity index (χ0v) is 18.6. The van der Waals surface area contributed by atoms with E-state index in [9.17, 15) is 13.2 Å². The zero-order chi connectivity index (χ0) is 20.4. The third kappa shape index (κ3) is 4.96. The fourth-order valence-electron chi connectivity index (χ4n) is 3.20. The van der Waals surface area contributed by atoms with Crippen LogP contribution in [0.5, 0.6) is 0 Å². The minimum atomic E-state index is -3.02. The Labute approximate surface area is 181 Å². The average molecular weight is 492 g/mol. The van der Waals surface area contributed by atoms with Crippen molar-refractivity contribution in [2.75, 3.05) is 17.3 Å². The fraction of sp³-hybridized carbons (Fsp3) is 0.250. The van der Waals surface area contributed by atoms with Gasteiger partial charge in [-0.3, -0.25) is 4.79 Å². The number of halogens is 1. The van der Waals surface area contributed by atoms with E-state index in [4.69, 9.17) is 0 Å². The number of sulfone groups is 1. The molecule has 1 aliphatic rings. The van der Waals surface area contributed by atoms with Gasteiger partial charge in [-0.1, -0.05) is 58.0 Å². The highest BCUT2D eigenvalue weighted by atomic mass is 79.9. The minimum Gasteiger partial charge on any atom is -0.352 e. The van der Waals surface area contributed by atoms with Gasteiger partial charge >= 0.3 is 0 Å². The Morgan fingerprint density at radius 3 is 2.62 bits per heavy atom. The topological polar surface area (TPSA) is 89.0 Å². The number of benzene rings is 2. The SMILES string of the molecule is O=C(CSc1nc(-c2ccc(Br)cc2)nc2ccccc12)N[C@H]1CCS(=O)(=O)C1. The number of thioether (sulfide) groups is 1. The Morgan fingerprint density at radius 2 is 1.90 bits per heavy atom. The Kier molecular flexibility index (Phi) is 5.89. The van der Waals surface area contributed by atoms with Crippen molar-refractivity contribution in [2.24, 2.45) is 0 Å². The summed E-state index contributed by atoms with van der Waals surface area (Å²) in [6.45, 7) is 0. The van der Waals surface area contributed by atoms with Crippen LogP contribution in [0, 0.1) is 0 Å². The van der Waals surface area contributed by atoms with E-state index in [-0.39, 0.29) is 29.2 Å². The van der Waals surface area contributed by atoms with Crippen molar-refractivity contribution in [3.63, 3.8) is 0 Å². The third-order valence-corrected chi connectivity index (χ3v) is 7.90. The molecule has 150 valence electrons. The molecule has 0 aliphatic carbocycles. The van der Waals surface area contributed by atoms with Gasteiger partial charge in [0.15, 0.2) is 15.7 Å². The lowest BCUT2D eigenvalue weighted by Gasteiger charge is -2.11. The number of para-hydroxylation sites is 1. The first-order chi connectivity index (χ1) is 13.9. The summed E-state index contributed by atoms with van der Waals surface area (Å²) in [6.07, 6.45) is 0.475. The maximum Gasteiger partial charge on any atom is 0.230 e. The number of nitrogens with one attached hydrogen (secondary N) is 1. The summed E-state index contributed by atoms with van der Waals surface area (Å²) < 4.78 is 24.1. The van der Waals surface area contributed by atoms with Crippen LogP contribution in [0.25, 0.3) is 22.3 Å². The van der Waals surface area contributed by atoms with Crippen molar-refractivity contribution in [2.45, 2.75) is 17.5 Å². The first-order valence-electron chi connectivity index (χ1n) is 9.05. The second-order valence-electron chi connectivity index (χ2n) is 6.83. The number of nitrogens with zero attached hydrogens (tertiary/aromatic N) is 2. The van der Waals surface area contributed by atoms with Gasteiger partial charge in [0.25, 0.3) is 0 Å². The Bertz CT molecular complexity index is 1170. The lowest BCUT2D eigenvalue weighted by molar-refractivity contribution is -0.119. The Hall–Kier alpha value is -1.97. The lowest BCUT2D eigenvalue weighted by atomic mass is 10.2. The molecule has 2 heterocycles. The Morgan fingerprint density at radius 1 is 1.14 bits per heavy atom. The van der Waals surface area contributed by atoms with Crippen LogP contribution < -0.4 is 5.32 Å². The summed E-state index contributed by atoms with van der Waals surface area (Å²) in [6, 6.07) is 15.1. The standard InChI is InChI=1S/C20H18BrN3O3S2/c21-14-7-5-13(6-8-14)19-23-17-4-2-1-3-16(17)20(24-19)28-11-18(25)22-15-9-10-29(26,27)12-15/h1-8,15H,9-12H2,(H,22,25)/t15-/m0/s1. The summed E-state index contributed by atoms with van der Waals surface area (Å²) >= 11 is 4.76. The van der Waals surface area contributed by atoms with Gasteiger partial charge in [0.2, 0.25) is 5.91 Å². The van der Waals surface area contributed by atoms with Crippen molar-refractivity contribution in [1.82, 2.24) is 15.3 Å². The first kappa shape index (κ1) is 20.3. The van der Waals surface area contributed by atoms with Gasteiger partial charge in [0.1, 0.15) is 5.03 Å². The van der Waals surface area contributed by atoms with Crippen molar-refractivity contribution < 1.29 is 13.2 Å². The van der Waals surface area contributed by atoms with E-state index in [0.29, 0.717) is 12.2 Å². The number of amides is 1. The van der Waals surface area contributed by atoms with E-state index in [2.05, 4.69) is 31.2 Å². The van der Waals surface area contributed by atoms with E-state index in [1.54, 1.807) is 0 Å². The van der Waals surface area contributed by atoms with Gasteiger partial charge < -0.3 is 5.32 Å². The molecule has 0 unspecified atom stereocenters. The minimum absolute atomic E-state index is 0.0214. The number of rotatable bonds is 5. The van der Waals surface area contributed by atoms with Crippen LogP contribution in [0.2, 0.25) is 0 Å². The van der Waals surface area contributed by atoms with Crippen LogP contribution in [-0.4, -0.2) is 47.6 Å². The number of carbonyl (C=O) groups is 1. The fourth-order valence-corrected chi connectivity index (χ4v) is 5.97. The van der Waals surface area contributed by atoms with E-state index in [0.717, 1.165) is 26.0 Å². The number of fused-ring (bicyclic) bond motifs is 1. The summed E-state index contributed by atoms with van der Waals surface area (Å²) in [7, 11) is -3.02. The molecule has 1 atom stereocenters. The van der Waals surface area contributed by atoms with Crippen LogP contribution in [0.3, 0.4) is 0 Å². The van der Waals surface area contributed by atoms with Gasteiger partial charge in [-0.05, 0) is 24.6 Å². The molecular formula is C20H18BrN3O3S2. The summed E-state index contributed by atoms with van der Waals surface area (Å²) in [4.78, 5) is 21.7. The molecule has 1 aromatic heterocycles. The van der Waals surface area contributed by atoms with Crippen molar-refractivity contribution in [1.29, 1.82) is 0 Å². The van der Waals surface area contributed by atoms with Gasteiger partial charge in [-0.2, -0.15) is 0 Å². The highest BCUT2D eigenvalue weighted by molar-refractivity contribution is 9.10. The average Bonchev–Trinajstić information content (AvgIpc) is 3.04. The second-order valence-corrected chi connectivity index (χ2v) is 10.9. The molecule has 1 saturated heterocycles. The number of hydrogen-bond donors (Lipinski definition) is 1. The maximum atomic E-state index is 12.3. The Balaban J connectivity index is 1.54. The predicted octanol–water partition coefficient (Wildman–Crippen LogP) is 3.45. The maximum absolute atomic E-state index is 12.3. The van der Waals surface area contributed by atoms with Crippen molar-refractivity contribution in [3.05, 3.63) is 53.0 Å².